The number of carbonyl (C=O) groups is 1. The van der Waals surface area contributed by atoms with Crippen molar-refractivity contribution >= 4 is 11.7 Å². The predicted molar refractivity (Wildman–Crippen MR) is 78.6 cm³/mol. The SMILES string of the molecule is O=C(CC1CNC1)NC1CCN(c2ccccn2)CC1. The Morgan fingerprint density at radius 3 is 2.75 bits per heavy atom. The van der Waals surface area contributed by atoms with Gasteiger partial charge in [-0.05, 0) is 44.0 Å². The first kappa shape index (κ1) is 13.4. The zero-order valence-corrected chi connectivity index (χ0v) is 11.7. The van der Waals surface area contributed by atoms with Crippen molar-refractivity contribution in [2.75, 3.05) is 31.1 Å². The van der Waals surface area contributed by atoms with Crippen LogP contribution in [0, 0.1) is 5.92 Å². The molecule has 2 saturated heterocycles. The molecule has 20 heavy (non-hydrogen) atoms. The minimum absolute atomic E-state index is 0.216. The average Bonchev–Trinajstić information content (AvgIpc) is 2.45. The molecule has 3 heterocycles. The van der Waals surface area contributed by atoms with Crippen molar-refractivity contribution in [3.8, 4) is 0 Å². The molecule has 2 aliphatic heterocycles. The summed E-state index contributed by atoms with van der Waals surface area (Å²) < 4.78 is 0. The number of aromatic nitrogens is 1. The van der Waals surface area contributed by atoms with Crippen LogP contribution < -0.4 is 15.5 Å². The molecule has 1 aromatic rings. The molecular formula is C15H22N4O. The predicted octanol–water partition coefficient (Wildman–Crippen LogP) is 0.776. The van der Waals surface area contributed by atoms with E-state index in [1.54, 1.807) is 0 Å². The number of pyridine rings is 1. The van der Waals surface area contributed by atoms with Crippen LogP contribution in [0.15, 0.2) is 24.4 Å². The van der Waals surface area contributed by atoms with Gasteiger partial charge in [-0.1, -0.05) is 6.07 Å². The third-order valence-corrected chi connectivity index (χ3v) is 4.17. The Morgan fingerprint density at radius 2 is 2.15 bits per heavy atom. The van der Waals surface area contributed by atoms with Gasteiger partial charge in [0.05, 0.1) is 0 Å². The number of hydrogen-bond donors (Lipinski definition) is 2. The summed E-state index contributed by atoms with van der Waals surface area (Å²) in [6, 6.07) is 6.33. The van der Waals surface area contributed by atoms with E-state index in [-0.39, 0.29) is 5.91 Å². The van der Waals surface area contributed by atoms with Gasteiger partial charge in [0.2, 0.25) is 5.91 Å². The maximum absolute atomic E-state index is 11.9. The normalized spacial score (nSPS) is 20.5. The van der Waals surface area contributed by atoms with Crippen molar-refractivity contribution in [2.45, 2.75) is 25.3 Å². The van der Waals surface area contributed by atoms with E-state index in [0.29, 0.717) is 18.4 Å². The van der Waals surface area contributed by atoms with E-state index in [2.05, 4.69) is 20.5 Å². The maximum atomic E-state index is 11.9. The molecule has 0 atom stereocenters. The summed E-state index contributed by atoms with van der Waals surface area (Å²) in [6.45, 7) is 3.91. The van der Waals surface area contributed by atoms with Gasteiger partial charge in [-0.3, -0.25) is 4.79 Å². The molecular weight excluding hydrogens is 252 g/mol. The molecule has 2 aliphatic rings. The second-order valence-electron chi connectivity index (χ2n) is 5.75. The van der Waals surface area contributed by atoms with Crippen LogP contribution in [0.1, 0.15) is 19.3 Å². The lowest BCUT2D eigenvalue weighted by Gasteiger charge is -2.34. The van der Waals surface area contributed by atoms with Crippen LogP contribution in [0.5, 0.6) is 0 Å². The number of anilines is 1. The van der Waals surface area contributed by atoms with Crippen molar-refractivity contribution in [2.24, 2.45) is 5.92 Å². The molecule has 5 nitrogen and oxygen atoms in total. The maximum Gasteiger partial charge on any atom is 0.220 e. The van der Waals surface area contributed by atoms with Gasteiger partial charge in [0, 0.05) is 31.7 Å². The third-order valence-electron chi connectivity index (χ3n) is 4.17. The number of nitrogens with one attached hydrogen (secondary N) is 2. The second-order valence-corrected chi connectivity index (χ2v) is 5.75. The van der Waals surface area contributed by atoms with Crippen molar-refractivity contribution < 1.29 is 4.79 Å². The topological polar surface area (TPSA) is 57.3 Å². The highest BCUT2D eigenvalue weighted by Crippen LogP contribution is 2.17. The highest BCUT2D eigenvalue weighted by atomic mass is 16.1. The van der Waals surface area contributed by atoms with Gasteiger partial charge in [-0.15, -0.1) is 0 Å². The fraction of sp³-hybridized carbons (Fsp3) is 0.600. The van der Waals surface area contributed by atoms with Crippen LogP contribution >= 0.6 is 0 Å². The molecule has 3 rings (SSSR count). The zero-order chi connectivity index (χ0) is 13.8. The van der Waals surface area contributed by atoms with Crippen molar-refractivity contribution in [3.63, 3.8) is 0 Å². The first-order valence-electron chi connectivity index (χ1n) is 7.47. The van der Waals surface area contributed by atoms with Crippen molar-refractivity contribution in [3.05, 3.63) is 24.4 Å². The van der Waals surface area contributed by atoms with Crippen molar-refractivity contribution in [1.82, 2.24) is 15.6 Å². The van der Waals surface area contributed by atoms with E-state index in [1.165, 1.54) is 0 Å². The molecule has 0 aromatic carbocycles. The largest absolute Gasteiger partial charge is 0.356 e. The fourth-order valence-electron chi connectivity index (χ4n) is 2.84. The summed E-state index contributed by atoms with van der Waals surface area (Å²) in [7, 11) is 0. The van der Waals surface area contributed by atoms with Crippen LogP contribution in [0.2, 0.25) is 0 Å². The molecule has 108 valence electrons. The van der Waals surface area contributed by atoms with E-state index in [0.717, 1.165) is 44.8 Å². The molecule has 0 unspecified atom stereocenters. The summed E-state index contributed by atoms with van der Waals surface area (Å²) >= 11 is 0. The lowest BCUT2D eigenvalue weighted by atomic mass is 9.98. The quantitative estimate of drug-likeness (QED) is 0.852. The lowest BCUT2D eigenvalue weighted by Crippen LogP contribution is -2.48. The summed E-state index contributed by atoms with van der Waals surface area (Å²) in [5.74, 6) is 1.80. The minimum atomic E-state index is 0.216. The van der Waals surface area contributed by atoms with Gasteiger partial charge < -0.3 is 15.5 Å². The van der Waals surface area contributed by atoms with Gasteiger partial charge in [-0.25, -0.2) is 4.98 Å². The standard InChI is InChI=1S/C15H22N4O/c20-15(9-12-10-16-11-12)18-13-4-7-19(8-5-13)14-3-1-2-6-17-14/h1-3,6,12-13,16H,4-5,7-11H2,(H,18,20). The molecule has 2 N–H and O–H groups in total. The van der Waals surface area contributed by atoms with Crippen molar-refractivity contribution in [1.29, 1.82) is 0 Å². The highest BCUT2D eigenvalue weighted by Gasteiger charge is 2.24. The lowest BCUT2D eigenvalue weighted by molar-refractivity contribution is -0.123. The van der Waals surface area contributed by atoms with E-state index in [4.69, 9.17) is 0 Å². The van der Waals surface area contributed by atoms with E-state index < -0.39 is 0 Å². The second kappa shape index (κ2) is 6.22. The van der Waals surface area contributed by atoms with Gasteiger partial charge >= 0.3 is 0 Å². The molecule has 0 aliphatic carbocycles. The number of piperidine rings is 1. The Labute approximate surface area is 119 Å². The van der Waals surface area contributed by atoms with E-state index in [1.807, 2.05) is 24.4 Å². The first-order valence-corrected chi connectivity index (χ1v) is 7.47. The van der Waals surface area contributed by atoms with E-state index >= 15 is 0 Å². The Bertz CT molecular complexity index is 438. The molecule has 0 saturated carbocycles. The minimum Gasteiger partial charge on any atom is -0.356 e. The van der Waals surface area contributed by atoms with Gasteiger partial charge in [0.15, 0.2) is 0 Å². The molecule has 0 spiro atoms. The summed E-state index contributed by atoms with van der Waals surface area (Å²) in [4.78, 5) is 18.6. The third kappa shape index (κ3) is 3.28. The van der Waals surface area contributed by atoms with Gasteiger partial charge in [-0.2, -0.15) is 0 Å². The molecule has 1 aromatic heterocycles. The van der Waals surface area contributed by atoms with Crippen LogP contribution in [0.4, 0.5) is 5.82 Å². The Kier molecular flexibility index (Phi) is 4.16. The molecule has 0 bridgehead atoms. The summed E-state index contributed by atoms with van der Waals surface area (Å²) in [5.41, 5.74) is 0. The number of amides is 1. The molecule has 2 fully saturated rings. The first-order chi connectivity index (χ1) is 9.81. The number of hydrogen-bond acceptors (Lipinski definition) is 4. The van der Waals surface area contributed by atoms with Crippen LogP contribution in [-0.4, -0.2) is 43.1 Å². The molecule has 1 amide bonds. The van der Waals surface area contributed by atoms with Crippen LogP contribution in [-0.2, 0) is 4.79 Å². The fourth-order valence-corrected chi connectivity index (χ4v) is 2.84. The Hall–Kier alpha value is -1.62. The molecule has 5 heteroatoms. The summed E-state index contributed by atoms with van der Waals surface area (Å²) in [6.07, 6.45) is 4.51. The van der Waals surface area contributed by atoms with Gasteiger partial charge in [0.1, 0.15) is 5.82 Å². The number of nitrogens with zero attached hydrogens (tertiary/aromatic N) is 2. The van der Waals surface area contributed by atoms with Crippen LogP contribution in [0.25, 0.3) is 0 Å². The number of rotatable bonds is 4. The smallest absolute Gasteiger partial charge is 0.220 e. The molecule has 0 radical (unpaired) electrons. The monoisotopic (exact) mass is 274 g/mol. The van der Waals surface area contributed by atoms with E-state index in [9.17, 15) is 4.79 Å². The average molecular weight is 274 g/mol. The highest BCUT2D eigenvalue weighted by molar-refractivity contribution is 5.76. The van der Waals surface area contributed by atoms with Crippen LogP contribution in [0.3, 0.4) is 0 Å². The summed E-state index contributed by atoms with van der Waals surface area (Å²) in [5, 5.41) is 6.38. The zero-order valence-electron chi connectivity index (χ0n) is 11.7. The Morgan fingerprint density at radius 1 is 1.35 bits per heavy atom. The Balaban J connectivity index is 1.43. The van der Waals surface area contributed by atoms with Gasteiger partial charge in [0.25, 0.3) is 0 Å². The number of carbonyl (C=O) groups excluding carboxylic acids is 1.